The molecule has 0 saturated carbocycles. The molecule has 1 aliphatic heterocycles. The minimum Gasteiger partial charge on any atom is -0.315 e. The van der Waals surface area contributed by atoms with E-state index < -0.39 is 0 Å². The van der Waals surface area contributed by atoms with E-state index in [1.54, 1.807) is 0 Å². The number of nitrogens with one attached hydrogen (secondary N) is 1. The van der Waals surface area contributed by atoms with Crippen LogP contribution in [0.25, 0.3) is 0 Å². The fourth-order valence-corrected chi connectivity index (χ4v) is 4.03. The largest absolute Gasteiger partial charge is 0.315 e. The molecule has 0 amide bonds. The fraction of sp³-hybridized carbons (Fsp3) is 0.958. The molecule has 0 aromatic rings. The Morgan fingerprint density at radius 1 is 0.704 bits per heavy atom. The highest BCUT2D eigenvalue weighted by atomic mass is 16.1. The fourth-order valence-electron chi connectivity index (χ4n) is 4.03. The van der Waals surface area contributed by atoms with Crippen molar-refractivity contribution in [3.8, 4) is 0 Å². The standard InChI is InChI=1S/C24H48N2O/c1-2-3-4-5-6-7-8-9-10-11-12-13-14-17-24(27)18-22-26-21-16-15-19-25-20-23-26/h25H,2-23H2,1H3. The first kappa shape index (κ1) is 24.6. The number of hydrogen-bond donors (Lipinski definition) is 1. The number of carbonyl (C=O) groups is 1. The van der Waals surface area contributed by atoms with E-state index in [2.05, 4.69) is 17.1 Å². The van der Waals surface area contributed by atoms with Gasteiger partial charge in [0.05, 0.1) is 0 Å². The molecule has 0 atom stereocenters. The molecule has 0 unspecified atom stereocenters. The maximum atomic E-state index is 12.1. The summed E-state index contributed by atoms with van der Waals surface area (Å²) < 4.78 is 0. The molecule has 0 aromatic carbocycles. The van der Waals surface area contributed by atoms with Crippen molar-refractivity contribution in [3.05, 3.63) is 0 Å². The van der Waals surface area contributed by atoms with Crippen LogP contribution in [0.5, 0.6) is 0 Å². The van der Waals surface area contributed by atoms with Gasteiger partial charge in [0.1, 0.15) is 5.78 Å². The first-order chi connectivity index (χ1) is 13.3. The molecule has 1 rings (SSSR count). The van der Waals surface area contributed by atoms with Crippen molar-refractivity contribution in [3.63, 3.8) is 0 Å². The van der Waals surface area contributed by atoms with Gasteiger partial charge in [-0.3, -0.25) is 4.79 Å². The predicted molar refractivity (Wildman–Crippen MR) is 118 cm³/mol. The molecule has 0 spiro atoms. The maximum Gasteiger partial charge on any atom is 0.134 e. The second-order valence-electron chi connectivity index (χ2n) is 8.58. The normalized spacial score (nSPS) is 16.2. The Balaban J connectivity index is 1.81. The lowest BCUT2D eigenvalue weighted by molar-refractivity contribution is -0.119. The molecule has 1 aliphatic rings. The molecular weight excluding hydrogens is 332 g/mol. The Morgan fingerprint density at radius 3 is 1.93 bits per heavy atom. The average molecular weight is 381 g/mol. The van der Waals surface area contributed by atoms with Gasteiger partial charge in [-0.25, -0.2) is 0 Å². The zero-order chi connectivity index (χ0) is 19.4. The monoisotopic (exact) mass is 380 g/mol. The molecule has 0 bridgehead atoms. The van der Waals surface area contributed by atoms with E-state index in [1.165, 1.54) is 96.4 Å². The van der Waals surface area contributed by atoms with Crippen LogP contribution in [0.15, 0.2) is 0 Å². The molecule has 27 heavy (non-hydrogen) atoms. The quantitative estimate of drug-likeness (QED) is 0.309. The van der Waals surface area contributed by atoms with Crippen molar-refractivity contribution in [2.45, 2.75) is 116 Å². The second kappa shape index (κ2) is 18.9. The molecule has 0 radical (unpaired) electrons. The zero-order valence-electron chi connectivity index (χ0n) is 18.4. The Morgan fingerprint density at radius 2 is 1.30 bits per heavy atom. The molecule has 0 aromatic heterocycles. The Bertz CT molecular complexity index is 324. The van der Waals surface area contributed by atoms with Crippen LogP contribution in [0, 0.1) is 0 Å². The molecule has 1 heterocycles. The van der Waals surface area contributed by atoms with Crippen LogP contribution >= 0.6 is 0 Å². The lowest BCUT2D eigenvalue weighted by Crippen LogP contribution is -2.37. The Labute approximate surface area is 170 Å². The van der Waals surface area contributed by atoms with Crippen LogP contribution in [-0.4, -0.2) is 43.4 Å². The number of Topliss-reactive ketones (excluding diaryl/α,β-unsaturated/α-hetero) is 1. The molecule has 3 nitrogen and oxygen atoms in total. The van der Waals surface area contributed by atoms with Crippen LogP contribution in [0.3, 0.4) is 0 Å². The van der Waals surface area contributed by atoms with Crippen molar-refractivity contribution in [2.75, 3.05) is 32.7 Å². The van der Waals surface area contributed by atoms with Gasteiger partial charge in [0.15, 0.2) is 0 Å². The summed E-state index contributed by atoms with van der Waals surface area (Å²) in [7, 11) is 0. The summed E-state index contributed by atoms with van der Waals surface area (Å²) in [6, 6.07) is 0. The van der Waals surface area contributed by atoms with E-state index in [1.807, 2.05) is 0 Å². The topological polar surface area (TPSA) is 32.3 Å². The maximum absolute atomic E-state index is 12.1. The van der Waals surface area contributed by atoms with Gasteiger partial charge in [-0.05, 0) is 32.4 Å². The Kier molecular flexibility index (Phi) is 17.3. The number of hydrogen-bond acceptors (Lipinski definition) is 3. The van der Waals surface area contributed by atoms with Crippen LogP contribution in [0.2, 0.25) is 0 Å². The highest BCUT2D eigenvalue weighted by molar-refractivity contribution is 5.78. The summed E-state index contributed by atoms with van der Waals surface area (Å²) in [4.78, 5) is 14.6. The van der Waals surface area contributed by atoms with Gasteiger partial charge in [0.2, 0.25) is 0 Å². The second-order valence-corrected chi connectivity index (χ2v) is 8.58. The first-order valence-corrected chi connectivity index (χ1v) is 12.3. The van der Waals surface area contributed by atoms with E-state index >= 15 is 0 Å². The van der Waals surface area contributed by atoms with Crippen molar-refractivity contribution < 1.29 is 4.79 Å². The smallest absolute Gasteiger partial charge is 0.134 e. The van der Waals surface area contributed by atoms with Gasteiger partial charge >= 0.3 is 0 Å². The predicted octanol–water partition coefficient (Wildman–Crippen LogP) is 6.11. The van der Waals surface area contributed by atoms with Crippen molar-refractivity contribution >= 4 is 5.78 Å². The number of ketones is 1. The number of rotatable bonds is 17. The van der Waals surface area contributed by atoms with Gasteiger partial charge in [-0.2, -0.15) is 0 Å². The first-order valence-electron chi connectivity index (χ1n) is 12.3. The number of unbranched alkanes of at least 4 members (excludes halogenated alkanes) is 12. The SMILES string of the molecule is CCCCCCCCCCCCCCCC(=O)CCN1CCCCNCC1. The summed E-state index contributed by atoms with van der Waals surface area (Å²) in [5.74, 6) is 0.480. The summed E-state index contributed by atoms with van der Waals surface area (Å²) in [6.45, 7) is 7.77. The Hall–Kier alpha value is -0.410. The molecule has 1 fully saturated rings. The van der Waals surface area contributed by atoms with Crippen molar-refractivity contribution in [1.82, 2.24) is 10.2 Å². The van der Waals surface area contributed by atoms with E-state index in [0.717, 1.165) is 45.4 Å². The zero-order valence-corrected chi connectivity index (χ0v) is 18.4. The molecular formula is C24H48N2O. The van der Waals surface area contributed by atoms with Gasteiger partial charge < -0.3 is 10.2 Å². The van der Waals surface area contributed by atoms with Crippen LogP contribution < -0.4 is 5.32 Å². The highest BCUT2D eigenvalue weighted by Gasteiger charge is 2.09. The third kappa shape index (κ3) is 16.3. The van der Waals surface area contributed by atoms with E-state index in [9.17, 15) is 4.79 Å². The summed E-state index contributed by atoms with van der Waals surface area (Å²) in [5.41, 5.74) is 0. The average Bonchev–Trinajstić information content (AvgIpc) is 2.64. The molecule has 3 heteroatoms. The van der Waals surface area contributed by atoms with Gasteiger partial charge in [0, 0.05) is 32.5 Å². The van der Waals surface area contributed by atoms with E-state index in [-0.39, 0.29) is 0 Å². The summed E-state index contributed by atoms with van der Waals surface area (Å²) in [6.07, 6.45) is 21.9. The molecule has 1 N–H and O–H groups in total. The summed E-state index contributed by atoms with van der Waals surface area (Å²) >= 11 is 0. The lowest BCUT2D eigenvalue weighted by atomic mass is 10.0. The minimum absolute atomic E-state index is 0.480. The van der Waals surface area contributed by atoms with Gasteiger partial charge in [-0.1, -0.05) is 84.0 Å². The van der Waals surface area contributed by atoms with E-state index in [4.69, 9.17) is 0 Å². The van der Waals surface area contributed by atoms with Gasteiger partial charge in [0.25, 0.3) is 0 Å². The number of nitrogens with zero attached hydrogens (tertiary/aromatic N) is 1. The van der Waals surface area contributed by atoms with Crippen molar-refractivity contribution in [1.29, 1.82) is 0 Å². The highest BCUT2D eigenvalue weighted by Crippen LogP contribution is 2.13. The molecule has 0 aliphatic carbocycles. The van der Waals surface area contributed by atoms with Crippen molar-refractivity contribution in [2.24, 2.45) is 0 Å². The van der Waals surface area contributed by atoms with E-state index in [0.29, 0.717) is 5.78 Å². The van der Waals surface area contributed by atoms with Crippen LogP contribution in [0.1, 0.15) is 116 Å². The van der Waals surface area contributed by atoms with Gasteiger partial charge in [-0.15, -0.1) is 0 Å². The molecule has 1 saturated heterocycles. The third-order valence-corrected chi connectivity index (χ3v) is 5.95. The minimum atomic E-state index is 0.480. The number of carbonyl (C=O) groups excluding carboxylic acids is 1. The summed E-state index contributed by atoms with van der Waals surface area (Å²) in [5, 5.41) is 3.46. The van der Waals surface area contributed by atoms with Crippen LogP contribution in [-0.2, 0) is 4.79 Å². The lowest BCUT2D eigenvalue weighted by Gasteiger charge is -2.24. The molecule has 160 valence electrons. The van der Waals surface area contributed by atoms with Crippen LogP contribution in [0.4, 0.5) is 0 Å². The third-order valence-electron chi connectivity index (χ3n) is 5.95.